The van der Waals surface area contributed by atoms with E-state index in [0.717, 1.165) is 122 Å². The van der Waals surface area contributed by atoms with Crippen LogP contribution in [0.5, 0.6) is 0 Å². The van der Waals surface area contributed by atoms with Crippen LogP contribution in [0.1, 0.15) is 0 Å². The zero-order chi connectivity index (χ0) is 89.2. The number of para-hydroxylation sites is 6. The lowest BCUT2D eigenvalue weighted by atomic mass is 9.85. The SMILES string of the molecule is c1cc(-c2c3ccccc3c(-c3ccc(-c4ccncc4)cc3)c3ccccc23)cc(-c2cccc3c2oc2ccccc23)c1.c1ccc(-c2ccc(-c3c4ccccc4c(-c4ccc(-c5cccc6c5oc5ccccc56)cc4)c4ccccc34)cc2)nc1.c1cncc(-c2cccc(-c3c4ccccc4c(-c4cccc(-c5cccc6c5oc5ccccc56)c4)c4ccccc34)c2)c1. The van der Waals surface area contributed by atoms with E-state index in [1.54, 1.807) is 0 Å². The number of fused-ring (bicyclic) bond motifs is 15. The zero-order valence-corrected chi connectivity index (χ0v) is 73.3. The summed E-state index contributed by atoms with van der Waals surface area (Å²) in [5.74, 6) is 0. The Morgan fingerprint density at radius 2 is 0.407 bits per heavy atom. The van der Waals surface area contributed by atoms with Gasteiger partial charge in [0.25, 0.3) is 0 Å². The lowest BCUT2D eigenvalue weighted by Gasteiger charge is -2.18. The number of aromatic nitrogens is 3. The minimum atomic E-state index is 0.913. The van der Waals surface area contributed by atoms with Crippen LogP contribution in [0.3, 0.4) is 0 Å². The molecule has 0 aliphatic heterocycles. The van der Waals surface area contributed by atoms with Gasteiger partial charge in [0.2, 0.25) is 0 Å². The van der Waals surface area contributed by atoms with Crippen LogP contribution in [0.4, 0.5) is 0 Å². The van der Waals surface area contributed by atoms with Crippen LogP contribution in [0, 0.1) is 0 Å². The second-order valence-corrected chi connectivity index (χ2v) is 34.5. The van der Waals surface area contributed by atoms with E-state index in [4.69, 9.17) is 13.3 Å². The highest BCUT2D eigenvalue weighted by Gasteiger charge is 2.25. The Hall–Kier alpha value is -18.0. The van der Waals surface area contributed by atoms with Gasteiger partial charge in [0.15, 0.2) is 0 Å². The quantitative estimate of drug-likeness (QED) is 0.113. The van der Waals surface area contributed by atoms with Crippen LogP contribution >= 0.6 is 0 Å². The molecule has 0 atom stereocenters. The van der Waals surface area contributed by atoms with E-state index in [-0.39, 0.29) is 0 Å². The zero-order valence-electron chi connectivity index (χ0n) is 73.3. The number of benzene rings is 21. The Morgan fingerprint density at radius 1 is 0.141 bits per heavy atom. The van der Waals surface area contributed by atoms with Gasteiger partial charge in [-0.1, -0.05) is 394 Å². The Morgan fingerprint density at radius 3 is 0.756 bits per heavy atom. The topological polar surface area (TPSA) is 78.1 Å². The van der Waals surface area contributed by atoms with E-state index in [9.17, 15) is 0 Å². The van der Waals surface area contributed by atoms with E-state index >= 15 is 0 Å². The van der Waals surface area contributed by atoms with Crippen LogP contribution in [0.15, 0.2) is 505 Å². The number of furan rings is 3. The molecule has 0 bridgehead atoms. The molecule has 0 saturated carbocycles. The number of hydrogen-bond donors (Lipinski definition) is 0. The monoisotopic (exact) mass is 1720 g/mol. The lowest BCUT2D eigenvalue weighted by molar-refractivity contribution is 0.669. The molecule has 630 valence electrons. The molecule has 0 aliphatic carbocycles. The standard InChI is InChI=1S/3C43H27NO/c1-3-19-37-35(17-1)41(30-13-7-11-28(25-30)32-15-10-24-44-27-32)36-18-2-4-20-38(36)42(37)31-14-8-12-29(26-31)33-21-9-22-39-34-16-5-6-23-40(34)45-43(33)39;1-3-14-37-35(12-1)41(30-21-19-28(20-22-30)29-23-25-44-26-24-29)36-13-2-4-15-38(36)42(37)32-10-7-9-31(27-32)33-16-8-17-39-34-11-5-6-18-40(34)45-43(33)39;1-3-13-36-34(11-1)41(30-23-19-28(20-24-30)32-15-9-16-38-33-10-5-6-18-40(33)45-43(32)38)35-12-2-4-14-37(35)42(36)31-25-21-29(22-26-31)39-17-7-8-27-44-39/h3*1-27H. The molecule has 6 nitrogen and oxygen atoms in total. The molecule has 0 N–H and O–H groups in total. The fraction of sp³-hybridized carbons (Fsp3) is 0. The minimum Gasteiger partial charge on any atom is -0.455 e. The fourth-order valence-corrected chi connectivity index (χ4v) is 20.8. The molecule has 0 amide bonds. The van der Waals surface area contributed by atoms with Gasteiger partial charge in [-0.2, -0.15) is 0 Å². The van der Waals surface area contributed by atoms with Gasteiger partial charge in [-0.25, -0.2) is 0 Å². The predicted octanol–water partition coefficient (Wildman–Crippen LogP) is 35.9. The second kappa shape index (κ2) is 33.8. The Kier molecular flexibility index (Phi) is 19.9. The summed E-state index contributed by atoms with van der Waals surface area (Å²) in [5.41, 5.74) is 33.6. The highest BCUT2D eigenvalue weighted by Crippen LogP contribution is 2.51. The molecule has 0 fully saturated rings. The number of nitrogens with zero attached hydrogens (tertiary/aromatic N) is 3. The van der Waals surface area contributed by atoms with Gasteiger partial charge in [0.1, 0.15) is 33.5 Å². The van der Waals surface area contributed by atoms with E-state index in [1.165, 1.54) is 143 Å². The summed E-state index contributed by atoms with van der Waals surface area (Å²) in [6, 6.07) is 165. The minimum absolute atomic E-state index is 0.913. The molecule has 0 unspecified atom stereocenters. The van der Waals surface area contributed by atoms with Gasteiger partial charge in [-0.05, 0) is 232 Å². The molecule has 0 spiro atoms. The summed E-state index contributed by atoms with van der Waals surface area (Å²) in [6.45, 7) is 0. The maximum absolute atomic E-state index is 6.43. The van der Waals surface area contributed by atoms with Crippen molar-refractivity contribution in [2.24, 2.45) is 0 Å². The largest absolute Gasteiger partial charge is 0.455 e. The molecule has 135 heavy (non-hydrogen) atoms. The number of hydrogen-bond acceptors (Lipinski definition) is 6. The van der Waals surface area contributed by atoms with Gasteiger partial charge in [0, 0.05) is 91.1 Å². The summed E-state index contributed by atoms with van der Waals surface area (Å²) in [4.78, 5) is 13.1. The van der Waals surface area contributed by atoms with Crippen molar-refractivity contribution in [3.05, 3.63) is 492 Å². The van der Waals surface area contributed by atoms with Crippen LogP contribution in [-0.2, 0) is 0 Å². The van der Waals surface area contributed by atoms with Crippen molar-refractivity contribution in [1.29, 1.82) is 0 Å². The van der Waals surface area contributed by atoms with Crippen molar-refractivity contribution in [3.8, 4) is 134 Å². The molecule has 21 aromatic carbocycles. The number of rotatable bonds is 12. The molecule has 0 aliphatic rings. The van der Waals surface area contributed by atoms with E-state index < -0.39 is 0 Å². The van der Waals surface area contributed by atoms with Crippen LogP contribution in [0.2, 0.25) is 0 Å². The average Bonchev–Trinajstić information content (AvgIpc) is 1.65. The molecule has 6 heterocycles. The molecule has 0 radical (unpaired) electrons. The van der Waals surface area contributed by atoms with Gasteiger partial charge in [0.05, 0.1) is 5.69 Å². The lowest BCUT2D eigenvalue weighted by Crippen LogP contribution is -1.91. The Bertz CT molecular complexity index is 9110. The van der Waals surface area contributed by atoms with Crippen molar-refractivity contribution < 1.29 is 13.3 Å². The predicted molar refractivity (Wildman–Crippen MR) is 565 cm³/mol. The number of pyridine rings is 3. The third kappa shape index (κ3) is 14.1. The van der Waals surface area contributed by atoms with Crippen molar-refractivity contribution in [1.82, 2.24) is 15.0 Å². The smallest absolute Gasteiger partial charge is 0.143 e. The van der Waals surface area contributed by atoms with Crippen molar-refractivity contribution in [2.75, 3.05) is 0 Å². The molecule has 6 heteroatoms. The molecular weight excluding hydrogens is 1640 g/mol. The summed E-state index contributed by atoms with van der Waals surface area (Å²) in [5, 5.41) is 21.7. The molecule has 27 aromatic rings. The second-order valence-electron chi connectivity index (χ2n) is 34.5. The first-order chi connectivity index (χ1) is 67.0. The first kappa shape index (κ1) is 79.2. The van der Waals surface area contributed by atoms with Gasteiger partial charge >= 0.3 is 0 Å². The van der Waals surface area contributed by atoms with Crippen molar-refractivity contribution >= 4 is 130 Å². The summed E-state index contributed by atoms with van der Waals surface area (Å²) >= 11 is 0. The maximum Gasteiger partial charge on any atom is 0.143 e. The van der Waals surface area contributed by atoms with Crippen LogP contribution in [-0.4, -0.2) is 15.0 Å². The van der Waals surface area contributed by atoms with Gasteiger partial charge < -0.3 is 13.3 Å². The third-order valence-corrected chi connectivity index (χ3v) is 26.9. The Balaban J connectivity index is 0.000000108. The maximum atomic E-state index is 6.43. The van der Waals surface area contributed by atoms with Crippen LogP contribution in [0.25, 0.3) is 264 Å². The highest BCUT2D eigenvalue weighted by atomic mass is 16.3. The summed E-state index contributed by atoms with van der Waals surface area (Å²) in [6.07, 6.45) is 9.27. The Labute approximate surface area is 778 Å². The fourth-order valence-electron chi connectivity index (χ4n) is 20.8. The van der Waals surface area contributed by atoms with Crippen LogP contribution < -0.4 is 0 Å². The third-order valence-electron chi connectivity index (χ3n) is 26.9. The van der Waals surface area contributed by atoms with E-state index in [2.05, 4.69) is 421 Å². The molecule has 6 aromatic heterocycles. The molecule has 27 rings (SSSR count). The first-order valence-electron chi connectivity index (χ1n) is 45.9. The van der Waals surface area contributed by atoms with Gasteiger partial charge in [-0.3, -0.25) is 15.0 Å². The van der Waals surface area contributed by atoms with E-state index in [0.29, 0.717) is 0 Å². The average molecular weight is 1720 g/mol. The van der Waals surface area contributed by atoms with Gasteiger partial charge in [-0.15, -0.1) is 0 Å². The van der Waals surface area contributed by atoms with Crippen molar-refractivity contribution in [2.45, 2.75) is 0 Å². The summed E-state index contributed by atoms with van der Waals surface area (Å²) in [7, 11) is 0. The molecular formula is C129H81N3O3. The molecule has 0 saturated heterocycles. The van der Waals surface area contributed by atoms with Crippen molar-refractivity contribution in [3.63, 3.8) is 0 Å². The normalized spacial score (nSPS) is 11.6. The summed E-state index contributed by atoms with van der Waals surface area (Å²) < 4.78 is 19.2. The highest BCUT2D eigenvalue weighted by molar-refractivity contribution is 6.25. The van der Waals surface area contributed by atoms with E-state index in [1.807, 2.05) is 85.6 Å². The first-order valence-corrected chi connectivity index (χ1v) is 45.9.